The maximum Gasteiger partial charge on any atom is 0.408 e. The Labute approximate surface area is 106 Å². The lowest BCUT2D eigenvalue weighted by Crippen LogP contribution is -2.44. The Balaban J connectivity index is 4.55. The minimum Gasteiger partial charge on any atom is -0.444 e. The van der Waals surface area contributed by atoms with Gasteiger partial charge < -0.3 is 10.1 Å². The van der Waals surface area contributed by atoms with Crippen LogP contribution in [0.4, 0.5) is 4.79 Å². The van der Waals surface area contributed by atoms with Crippen LogP contribution in [-0.4, -0.2) is 17.7 Å². The van der Waals surface area contributed by atoms with E-state index in [0.717, 1.165) is 6.42 Å². The molecule has 0 saturated heterocycles. The zero-order valence-corrected chi connectivity index (χ0v) is 12.3. The summed E-state index contributed by atoms with van der Waals surface area (Å²) < 4.78 is 5.26. The summed E-state index contributed by atoms with van der Waals surface area (Å²) in [5, 5.41) is 2.90. The van der Waals surface area contributed by atoms with Gasteiger partial charge in [-0.25, -0.2) is 4.79 Å². The van der Waals surface area contributed by atoms with Crippen LogP contribution in [0.1, 0.15) is 54.9 Å². The van der Waals surface area contributed by atoms with Gasteiger partial charge in [-0.3, -0.25) is 0 Å². The van der Waals surface area contributed by atoms with Crippen molar-refractivity contribution in [3.63, 3.8) is 0 Å². The molecule has 0 aliphatic heterocycles. The van der Waals surface area contributed by atoms with Crippen molar-refractivity contribution in [1.29, 1.82) is 0 Å². The number of allylic oxidation sites excluding steroid dienone is 1. The average molecular weight is 241 g/mol. The molecule has 0 aliphatic carbocycles. The van der Waals surface area contributed by atoms with Crippen molar-refractivity contribution in [2.75, 3.05) is 0 Å². The van der Waals surface area contributed by atoms with Gasteiger partial charge in [-0.15, -0.1) is 0 Å². The van der Waals surface area contributed by atoms with Crippen LogP contribution in [0.5, 0.6) is 0 Å². The molecule has 100 valence electrons. The first-order valence-corrected chi connectivity index (χ1v) is 6.22. The maximum absolute atomic E-state index is 11.7. The molecular weight excluding hydrogens is 214 g/mol. The molecule has 0 radical (unpaired) electrons. The lowest BCUT2D eigenvalue weighted by atomic mass is 9.86. The Kier molecular flexibility index (Phi) is 5.73. The molecule has 1 atom stereocenters. The Morgan fingerprint density at radius 2 is 1.76 bits per heavy atom. The fourth-order valence-corrected chi connectivity index (χ4v) is 1.26. The van der Waals surface area contributed by atoms with Gasteiger partial charge in [-0.1, -0.05) is 39.8 Å². The Bertz CT molecular complexity index is 269. The van der Waals surface area contributed by atoms with Gasteiger partial charge in [0.25, 0.3) is 0 Å². The predicted octanol–water partition coefficient (Wildman–Crippen LogP) is 3.89. The lowest BCUT2D eigenvalue weighted by molar-refractivity contribution is 0.0484. The third-order valence-electron chi connectivity index (χ3n) is 2.17. The van der Waals surface area contributed by atoms with E-state index in [9.17, 15) is 4.79 Å². The van der Waals surface area contributed by atoms with Crippen LogP contribution in [0.2, 0.25) is 0 Å². The summed E-state index contributed by atoms with van der Waals surface area (Å²) in [4.78, 5) is 11.7. The second-order valence-corrected chi connectivity index (χ2v) is 6.33. The van der Waals surface area contributed by atoms with Crippen LogP contribution in [0.3, 0.4) is 0 Å². The normalized spacial score (nSPS) is 14.8. The first-order chi connectivity index (χ1) is 7.56. The Morgan fingerprint density at radius 3 is 2.12 bits per heavy atom. The SMILES string of the molecule is CC/C=C\[C@@H](NC(=O)OC(C)(C)C)C(C)(C)C. The predicted molar refractivity (Wildman–Crippen MR) is 72.0 cm³/mol. The first-order valence-electron chi connectivity index (χ1n) is 6.22. The summed E-state index contributed by atoms with van der Waals surface area (Å²) in [5.74, 6) is 0. The average Bonchev–Trinajstić information content (AvgIpc) is 2.07. The highest BCUT2D eigenvalue weighted by atomic mass is 16.6. The van der Waals surface area contributed by atoms with Crippen molar-refractivity contribution in [2.24, 2.45) is 5.41 Å². The fraction of sp³-hybridized carbons (Fsp3) is 0.786. The smallest absolute Gasteiger partial charge is 0.408 e. The number of rotatable bonds is 3. The van der Waals surface area contributed by atoms with Gasteiger partial charge in [-0.05, 0) is 32.6 Å². The van der Waals surface area contributed by atoms with E-state index in [1.165, 1.54) is 0 Å². The largest absolute Gasteiger partial charge is 0.444 e. The summed E-state index contributed by atoms with van der Waals surface area (Å²) in [6.45, 7) is 13.9. The van der Waals surface area contributed by atoms with Crippen LogP contribution in [-0.2, 0) is 4.74 Å². The van der Waals surface area contributed by atoms with Crippen molar-refractivity contribution in [1.82, 2.24) is 5.32 Å². The number of hydrogen-bond donors (Lipinski definition) is 1. The van der Waals surface area contributed by atoms with Gasteiger partial charge in [0.1, 0.15) is 5.60 Å². The van der Waals surface area contributed by atoms with Gasteiger partial charge in [0.05, 0.1) is 6.04 Å². The Morgan fingerprint density at radius 1 is 1.24 bits per heavy atom. The van der Waals surface area contributed by atoms with Crippen LogP contribution in [0, 0.1) is 5.41 Å². The molecule has 0 aromatic rings. The third kappa shape index (κ3) is 7.83. The molecule has 3 nitrogen and oxygen atoms in total. The molecule has 0 saturated carbocycles. The molecule has 17 heavy (non-hydrogen) atoms. The summed E-state index contributed by atoms with van der Waals surface area (Å²) >= 11 is 0. The van der Waals surface area contributed by atoms with E-state index < -0.39 is 5.60 Å². The summed E-state index contributed by atoms with van der Waals surface area (Å²) in [6, 6.07) is -0.0164. The van der Waals surface area contributed by atoms with E-state index in [1.807, 2.05) is 26.8 Å². The molecule has 0 aromatic carbocycles. The summed E-state index contributed by atoms with van der Waals surface area (Å²) in [7, 11) is 0. The van der Waals surface area contributed by atoms with E-state index in [1.54, 1.807) is 0 Å². The molecule has 0 heterocycles. The lowest BCUT2D eigenvalue weighted by Gasteiger charge is -2.30. The van der Waals surface area contributed by atoms with E-state index in [0.29, 0.717) is 0 Å². The number of nitrogens with one attached hydrogen (secondary N) is 1. The molecule has 0 unspecified atom stereocenters. The van der Waals surface area contributed by atoms with Crippen LogP contribution in [0.15, 0.2) is 12.2 Å². The minimum absolute atomic E-state index is 0.0164. The molecular formula is C14H27NO2. The highest BCUT2D eigenvalue weighted by Crippen LogP contribution is 2.21. The summed E-state index contributed by atoms with van der Waals surface area (Å²) in [5.41, 5.74) is -0.483. The molecule has 0 bridgehead atoms. The minimum atomic E-state index is -0.457. The van der Waals surface area contributed by atoms with Gasteiger partial charge in [0, 0.05) is 0 Å². The number of alkyl carbamates (subject to hydrolysis) is 1. The molecule has 3 heteroatoms. The van der Waals surface area contributed by atoms with Gasteiger partial charge in [-0.2, -0.15) is 0 Å². The van der Waals surface area contributed by atoms with Gasteiger partial charge in [0.15, 0.2) is 0 Å². The van der Waals surface area contributed by atoms with Crippen LogP contribution >= 0.6 is 0 Å². The molecule has 1 amide bonds. The van der Waals surface area contributed by atoms with Crippen LogP contribution < -0.4 is 5.32 Å². The van der Waals surface area contributed by atoms with E-state index >= 15 is 0 Å². The van der Waals surface area contributed by atoms with Crippen molar-refractivity contribution in [3.8, 4) is 0 Å². The number of carbonyl (C=O) groups excluding carboxylic acids is 1. The number of hydrogen-bond acceptors (Lipinski definition) is 2. The van der Waals surface area contributed by atoms with E-state index in [2.05, 4.69) is 39.1 Å². The summed E-state index contributed by atoms with van der Waals surface area (Å²) in [6.07, 6.45) is 4.69. The molecule has 1 N–H and O–H groups in total. The zero-order chi connectivity index (χ0) is 13.7. The number of ether oxygens (including phenoxy) is 1. The molecule has 0 fully saturated rings. The number of amides is 1. The van der Waals surface area contributed by atoms with Crippen molar-refractivity contribution < 1.29 is 9.53 Å². The van der Waals surface area contributed by atoms with Gasteiger partial charge >= 0.3 is 6.09 Å². The quantitative estimate of drug-likeness (QED) is 0.761. The fourth-order valence-electron chi connectivity index (χ4n) is 1.26. The van der Waals surface area contributed by atoms with Crippen molar-refractivity contribution in [2.45, 2.75) is 66.5 Å². The zero-order valence-electron chi connectivity index (χ0n) is 12.3. The standard InChI is InChI=1S/C14H27NO2/c1-8-9-10-11(13(2,3)4)15-12(16)17-14(5,6)7/h9-11H,8H2,1-7H3,(H,15,16)/b10-9-/t11-/m1/s1. The Hall–Kier alpha value is -0.990. The van der Waals surface area contributed by atoms with E-state index in [-0.39, 0.29) is 17.6 Å². The molecule has 0 aliphatic rings. The second kappa shape index (κ2) is 6.08. The topological polar surface area (TPSA) is 38.3 Å². The monoisotopic (exact) mass is 241 g/mol. The maximum atomic E-state index is 11.7. The molecule has 0 aromatic heterocycles. The van der Waals surface area contributed by atoms with Crippen LogP contribution in [0.25, 0.3) is 0 Å². The van der Waals surface area contributed by atoms with Crippen molar-refractivity contribution >= 4 is 6.09 Å². The molecule has 0 spiro atoms. The van der Waals surface area contributed by atoms with Crippen molar-refractivity contribution in [3.05, 3.63) is 12.2 Å². The number of carbonyl (C=O) groups is 1. The van der Waals surface area contributed by atoms with Gasteiger partial charge in [0.2, 0.25) is 0 Å². The highest BCUT2D eigenvalue weighted by Gasteiger charge is 2.26. The van der Waals surface area contributed by atoms with E-state index in [4.69, 9.17) is 4.74 Å². The third-order valence-corrected chi connectivity index (χ3v) is 2.17. The molecule has 0 rings (SSSR count). The second-order valence-electron chi connectivity index (χ2n) is 6.33. The highest BCUT2D eigenvalue weighted by molar-refractivity contribution is 5.68. The first kappa shape index (κ1) is 16.0.